The number of non-ortho nitro benzene ring substituents is 1. The average molecular weight is 256 g/mol. The number of benzene rings is 1. The van der Waals surface area contributed by atoms with Crippen LogP contribution in [-0.4, -0.2) is 14.9 Å². The van der Waals surface area contributed by atoms with Crippen molar-refractivity contribution in [1.29, 1.82) is 5.26 Å². The van der Waals surface area contributed by atoms with Crippen molar-refractivity contribution in [3.63, 3.8) is 0 Å². The van der Waals surface area contributed by atoms with Crippen LogP contribution < -0.4 is 4.74 Å². The fraction of sp³-hybridized carbons (Fsp3) is 0.0833. The van der Waals surface area contributed by atoms with Crippen LogP contribution in [0.15, 0.2) is 30.6 Å². The van der Waals surface area contributed by atoms with Gasteiger partial charge in [0.1, 0.15) is 11.8 Å². The van der Waals surface area contributed by atoms with Gasteiger partial charge in [0.2, 0.25) is 5.69 Å². The first-order valence-corrected chi connectivity index (χ1v) is 5.26. The first kappa shape index (κ1) is 12.4. The van der Waals surface area contributed by atoms with E-state index in [2.05, 4.69) is 9.97 Å². The summed E-state index contributed by atoms with van der Waals surface area (Å²) in [4.78, 5) is 17.9. The van der Waals surface area contributed by atoms with E-state index in [1.165, 1.54) is 30.6 Å². The maximum absolute atomic E-state index is 10.6. The standard InChI is InChI=1S/C12H8N4O3/c1-8-6-9(16(17)18)2-3-11(8)19-12-10(7-13)14-4-5-15-12/h2-6H,1H3. The van der Waals surface area contributed by atoms with Crippen molar-refractivity contribution in [2.45, 2.75) is 6.92 Å². The van der Waals surface area contributed by atoms with Gasteiger partial charge in [0.05, 0.1) is 4.92 Å². The summed E-state index contributed by atoms with van der Waals surface area (Å²) in [6.45, 7) is 1.67. The van der Waals surface area contributed by atoms with Crippen molar-refractivity contribution >= 4 is 5.69 Å². The predicted octanol–water partition coefficient (Wildman–Crippen LogP) is 2.36. The molecule has 0 fully saturated rings. The highest BCUT2D eigenvalue weighted by molar-refractivity contribution is 5.45. The predicted molar refractivity (Wildman–Crippen MR) is 64.7 cm³/mol. The third kappa shape index (κ3) is 2.63. The van der Waals surface area contributed by atoms with Crippen molar-refractivity contribution in [3.05, 3.63) is 52.0 Å². The Labute approximate surface area is 108 Å². The van der Waals surface area contributed by atoms with E-state index >= 15 is 0 Å². The Morgan fingerprint density at radius 1 is 1.37 bits per heavy atom. The van der Waals surface area contributed by atoms with Crippen molar-refractivity contribution in [2.75, 3.05) is 0 Å². The SMILES string of the molecule is Cc1cc([N+](=O)[O-])ccc1Oc1nccnc1C#N. The first-order valence-electron chi connectivity index (χ1n) is 5.26. The number of hydrogen-bond donors (Lipinski definition) is 0. The Kier molecular flexibility index (Phi) is 3.34. The van der Waals surface area contributed by atoms with Gasteiger partial charge in [-0.2, -0.15) is 5.26 Å². The van der Waals surface area contributed by atoms with E-state index in [0.29, 0.717) is 11.3 Å². The van der Waals surface area contributed by atoms with E-state index in [-0.39, 0.29) is 17.3 Å². The van der Waals surface area contributed by atoms with Crippen molar-refractivity contribution < 1.29 is 9.66 Å². The zero-order valence-electron chi connectivity index (χ0n) is 9.90. The Bertz CT molecular complexity index is 679. The highest BCUT2D eigenvalue weighted by Crippen LogP contribution is 2.27. The summed E-state index contributed by atoms with van der Waals surface area (Å²) < 4.78 is 5.45. The molecule has 1 heterocycles. The summed E-state index contributed by atoms with van der Waals surface area (Å²) in [5.74, 6) is 0.463. The lowest BCUT2D eigenvalue weighted by molar-refractivity contribution is -0.384. The van der Waals surface area contributed by atoms with Crippen LogP contribution in [0.2, 0.25) is 0 Å². The molecule has 0 bridgehead atoms. The number of aromatic nitrogens is 2. The molecule has 0 amide bonds. The molecule has 7 heteroatoms. The van der Waals surface area contributed by atoms with Crippen LogP contribution in [0.3, 0.4) is 0 Å². The van der Waals surface area contributed by atoms with Crippen LogP contribution in [0.25, 0.3) is 0 Å². The van der Waals surface area contributed by atoms with Crippen molar-refractivity contribution in [1.82, 2.24) is 9.97 Å². The van der Waals surface area contributed by atoms with Gasteiger partial charge in [0.15, 0.2) is 0 Å². The molecule has 0 spiro atoms. The van der Waals surface area contributed by atoms with Crippen LogP contribution in [-0.2, 0) is 0 Å². The zero-order chi connectivity index (χ0) is 13.8. The molecular weight excluding hydrogens is 248 g/mol. The number of hydrogen-bond acceptors (Lipinski definition) is 6. The summed E-state index contributed by atoms with van der Waals surface area (Å²) in [5, 5.41) is 19.5. The maximum atomic E-state index is 10.6. The number of nitriles is 1. The molecule has 0 radical (unpaired) electrons. The molecule has 1 aromatic heterocycles. The monoisotopic (exact) mass is 256 g/mol. The van der Waals surface area contributed by atoms with Crippen LogP contribution in [0.5, 0.6) is 11.6 Å². The topological polar surface area (TPSA) is 102 Å². The van der Waals surface area contributed by atoms with Crippen LogP contribution in [0.4, 0.5) is 5.69 Å². The van der Waals surface area contributed by atoms with E-state index in [4.69, 9.17) is 10.00 Å². The third-order valence-corrected chi connectivity index (χ3v) is 2.35. The molecule has 2 rings (SSSR count). The van der Waals surface area contributed by atoms with Crippen molar-refractivity contribution in [3.8, 4) is 17.7 Å². The molecule has 0 aliphatic heterocycles. The first-order chi connectivity index (χ1) is 9.11. The fourth-order valence-corrected chi connectivity index (χ4v) is 1.44. The van der Waals surface area contributed by atoms with Crippen molar-refractivity contribution in [2.24, 2.45) is 0 Å². The Hall–Kier alpha value is -3.01. The molecule has 7 nitrogen and oxygen atoms in total. The quantitative estimate of drug-likeness (QED) is 0.617. The molecule has 0 unspecified atom stereocenters. The average Bonchev–Trinajstić information content (AvgIpc) is 2.41. The van der Waals surface area contributed by atoms with E-state index in [0.717, 1.165) is 0 Å². The molecule has 0 aliphatic carbocycles. The Balaban J connectivity index is 2.34. The summed E-state index contributed by atoms with van der Waals surface area (Å²) in [5.41, 5.74) is 0.605. The molecule has 19 heavy (non-hydrogen) atoms. The highest BCUT2D eigenvalue weighted by Gasteiger charge is 2.12. The summed E-state index contributed by atoms with van der Waals surface area (Å²) >= 11 is 0. The van der Waals surface area contributed by atoms with Gasteiger partial charge in [-0.15, -0.1) is 0 Å². The maximum Gasteiger partial charge on any atom is 0.269 e. The smallest absolute Gasteiger partial charge is 0.269 e. The highest BCUT2D eigenvalue weighted by atomic mass is 16.6. The molecule has 0 saturated carbocycles. The molecule has 2 aromatic rings. The van der Waals surface area contributed by atoms with Gasteiger partial charge in [-0.1, -0.05) is 0 Å². The lowest BCUT2D eigenvalue weighted by Gasteiger charge is -2.07. The number of ether oxygens (including phenoxy) is 1. The Morgan fingerprint density at radius 2 is 2.11 bits per heavy atom. The lowest BCUT2D eigenvalue weighted by Crippen LogP contribution is -1.96. The van der Waals surface area contributed by atoms with Crippen LogP contribution in [0.1, 0.15) is 11.3 Å². The van der Waals surface area contributed by atoms with Gasteiger partial charge in [0.25, 0.3) is 11.6 Å². The molecule has 0 N–H and O–H groups in total. The molecule has 1 aromatic carbocycles. The lowest BCUT2D eigenvalue weighted by atomic mass is 10.2. The second-order valence-corrected chi connectivity index (χ2v) is 3.63. The molecule has 0 atom stereocenters. The summed E-state index contributed by atoms with van der Waals surface area (Å²) in [7, 11) is 0. The molecular formula is C12H8N4O3. The normalized spacial score (nSPS) is 9.68. The zero-order valence-corrected chi connectivity index (χ0v) is 9.90. The van der Waals surface area contributed by atoms with E-state index in [1.54, 1.807) is 6.92 Å². The van der Waals surface area contributed by atoms with Gasteiger partial charge in [-0.25, -0.2) is 9.97 Å². The number of nitrogens with zero attached hydrogens (tertiary/aromatic N) is 4. The fourth-order valence-electron chi connectivity index (χ4n) is 1.44. The second kappa shape index (κ2) is 5.10. The minimum Gasteiger partial charge on any atom is -0.436 e. The number of aryl methyl sites for hydroxylation is 1. The molecule has 94 valence electrons. The van der Waals surface area contributed by atoms with Gasteiger partial charge < -0.3 is 4.74 Å². The number of nitro benzene ring substituents is 1. The van der Waals surface area contributed by atoms with Crippen LogP contribution in [0, 0.1) is 28.4 Å². The van der Waals surface area contributed by atoms with Gasteiger partial charge in [-0.3, -0.25) is 10.1 Å². The van der Waals surface area contributed by atoms with Gasteiger partial charge in [0, 0.05) is 24.5 Å². The minimum absolute atomic E-state index is 0.0236. The van der Waals surface area contributed by atoms with Gasteiger partial charge in [-0.05, 0) is 18.6 Å². The second-order valence-electron chi connectivity index (χ2n) is 3.63. The van der Waals surface area contributed by atoms with E-state index in [9.17, 15) is 10.1 Å². The minimum atomic E-state index is -0.486. The summed E-state index contributed by atoms with van der Waals surface area (Å²) in [6.07, 6.45) is 2.78. The van der Waals surface area contributed by atoms with E-state index < -0.39 is 4.92 Å². The Morgan fingerprint density at radius 3 is 2.74 bits per heavy atom. The number of rotatable bonds is 3. The van der Waals surface area contributed by atoms with E-state index in [1.807, 2.05) is 6.07 Å². The third-order valence-electron chi connectivity index (χ3n) is 2.35. The summed E-state index contributed by atoms with van der Waals surface area (Å²) in [6, 6.07) is 6.03. The largest absolute Gasteiger partial charge is 0.436 e. The van der Waals surface area contributed by atoms with Gasteiger partial charge >= 0.3 is 0 Å². The van der Waals surface area contributed by atoms with Crippen LogP contribution >= 0.6 is 0 Å². The molecule has 0 aliphatic rings. The molecule has 0 saturated heterocycles. The number of nitro groups is 1.